The van der Waals surface area contributed by atoms with Crippen molar-refractivity contribution in [3.63, 3.8) is 0 Å². The van der Waals surface area contributed by atoms with Crippen LogP contribution in [0.15, 0.2) is 16.3 Å². The Labute approximate surface area is 107 Å². The predicted octanol–water partition coefficient (Wildman–Crippen LogP) is 0.944. The molecule has 18 heavy (non-hydrogen) atoms. The largest absolute Gasteiger partial charge is 0.477 e. The number of nitrogens with zero attached hydrogens (tertiary/aromatic N) is 2. The third-order valence-corrected chi connectivity index (χ3v) is 4.62. The monoisotopic (exact) mass is 268 g/mol. The number of allylic oxidation sites excluding steroid dienone is 2. The van der Waals surface area contributed by atoms with Gasteiger partial charge in [0, 0.05) is 11.4 Å². The topological polar surface area (TPSA) is 70.0 Å². The van der Waals surface area contributed by atoms with E-state index in [1.165, 1.54) is 0 Å². The molecule has 2 rings (SSSR count). The number of aliphatic carboxylic acids is 1. The van der Waals surface area contributed by atoms with Gasteiger partial charge in [-0.2, -0.15) is 0 Å². The molecule has 2 aliphatic heterocycles. The fraction of sp³-hybridized carbons (Fsp3) is 0.500. The molecule has 0 aromatic carbocycles. The molecule has 0 atom stereocenters. The second kappa shape index (κ2) is 4.61. The molecule has 0 amide bonds. The Morgan fingerprint density at radius 3 is 2.61 bits per heavy atom. The number of rotatable bonds is 3. The van der Waals surface area contributed by atoms with Gasteiger partial charge in [-0.1, -0.05) is 13.8 Å². The van der Waals surface area contributed by atoms with E-state index >= 15 is 0 Å². The molecule has 0 saturated heterocycles. The standard InChI is InChI=1S/C12H16N2O3S/c1-4-8-7(3)13-12-14(9(8)5-2)6-10(11(15)16)18(12)17/h4-6H2,1-3H3,(H,15,16). The molecule has 0 unspecified atom stereocenters. The Balaban J connectivity index is 2.62. The predicted molar refractivity (Wildman–Crippen MR) is 73.2 cm³/mol. The van der Waals surface area contributed by atoms with Crippen LogP contribution in [0, 0.1) is 0 Å². The van der Waals surface area contributed by atoms with E-state index in [-0.39, 0.29) is 11.4 Å². The highest BCUT2D eigenvalue weighted by Crippen LogP contribution is 2.25. The SMILES string of the molecule is CCC1=C(CC)N2CC(C(=O)O)=S(=O)=C2N=C1C. The van der Waals surface area contributed by atoms with Crippen LogP contribution in [0.1, 0.15) is 33.6 Å². The first-order chi connectivity index (χ1) is 8.51. The van der Waals surface area contributed by atoms with Crippen LogP contribution in [-0.4, -0.2) is 42.4 Å². The van der Waals surface area contributed by atoms with Gasteiger partial charge in [-0.05, 0) is 25.3 Å². The van der Waals surface area contributed by atoms with E-state index < -0.39 is 15.9 Å². The summed E-state index contributed by atoms with van der Waals surface area (Å²) < 4.78 is 12.1. The Morgan fingerprint density at radius 1 is 1.44 bits per heavy atom. The van der Waals surface area contributed by atoms with Gasteiger partial charge in [0.05, 0.1) is 16.5 Å². The molecule has 0 saturated carbocycles. The van der Waals surface area contributed by atoms with Crippen molar-refractivity contribution in [1.29, 1.82) is 0 Å². The molecule has 0 aliphatic carbocycles. The maximum Gasteiger partial charge on any atom is 0.346 e. The number of carbonyl (C=O) groups is 1. The Morgan fingerprint density at radius 2 is 2.11 bits per heavy atom. The van der Waals surface area contributed by atoms with Crippen molar-refractivity contribution in [1.82, 2.24) is 4.90 Å². The average Bonchev–Trinajstić information content (AvgIpc) is 2.65. The summed E-state index contributed by atoms with van der Waals surface area (Å²) in [7, 11) is -1.63. The molecule has 0 radical (unpaired) electrons. The lowest BCUT2D eigenvalue weighted by molar-refractivity contribution is -0.129. The Bertz CT molecular complexity index is 626. The smallest absolute Gasteiger partial charge is 0.346 e. The quantitative estimate of drug-likeness (QED) is 0.773. The van der Waals surface area contributed by atoms with Crippen molar-refractivity contribution in [3.05, 3.63) is 11.3 Å². The van der Waals surface area contributed by atoms with Gasteiger partial charge in [0.25, 0.3) is 0 Å². The molecule has 6 heteroatoms. The van der Waals surface area contributed by atoms with Crippen LogP contribution in [0.25, 0.3) is 0 Å². The van der Waals surface area contributed by atoms with E-state index in [1.807, 2.05) is 20.8 Å². The molecular formula is C12H16N2O3S. The van der Waals surface area contributed by atoms with E-state index in [9.17, 15) is 9.00 Å². The highest BCUT2D eigenvalue weighted by atomic mass is 32.1. The third-order valence-electron chi connectivity index (χ3n) is 3.22. The van der Waals surface area contributed by atoms with Crippen molar-refractivity contribution in [2.45, 2.75) is 33.6 Å². The van der Waals surface area contributed by atoms with Gasteiger partial charge in [0.1, 0.15) is 4.86 Å². The molecule has 2 heterocycles. The van der Waals surface area contributed by atoms with Gasteiger partial charge in [-0.15, -0.1) is 0 Å². The summed E-state index contributed by atoms with van der Waals surface area (Å²) in [6, 6.07) is 0. The molecule has 98 valence electrons. The molecule has 0 fully saturated rings. The summed E-state index contributed by atoms with van der Waals surface area (Å²) in [6.07, 6.45) is 1.63. The first kappa shape index (κ1) is 12.9. The van der Waals surface area contributed by atoms with Crippen LogP contribution < -0.4 is 0 Å². The summed E-state index contributed by atoms with van der Waals surface area (Å²) in [5, 5.41) is 9.42. The average molecular weight is 268 g/mol. The van der Waals surface area contributed by atoms with E-state index in [0.29, 0.717) is 5.11 Å². The molecule has 0 aromatic heterocycles. The lowest BCUT2D eigenvalue weighted by Gasteiger charge is -2.29. The number of carboxylic acid groups (broad SMARTS) is 1. The van der Waals surface area contributed by atoms with Gasteiger partial charge in [0.15, 0.2) is 0 Å². The van der Waals surface area contributed by atoms with Gasteiger partial charge in [-0.25, -0.2) is 14.0 Å². The zero-order valence-electron chi connectivity index (χ0n) is 10.7. The summed E-state index contributed by atoms with van der Waals surface area (Å²) >= 11 is 0. The van der Waals surface area contributed by atoms with Crippen molar-refractivity contribution >= 4 is 31.6 Å². The van der Waals surface area contributed by atoms with Gasteiger partial charge >= 0.3 is 5.97 Å². The Hall–Kier alpha value is -1.56. The van der Waals surface area contributed by atoms with Crippen LogP contribution in [0.3, 0.4) is 0 Å². The number of aliphatic imine (C=N–C) groups is 1. The molecule has 0 aromatic rings. The van der Waals surface area contributed by atoms with Crippen molar-refractivity contribution in [2.75, 3.05) is 6.54 Å². The minimum Gasteiger partial charge on any atom is -0.477 e. The zero-order chi connectivity index (χ0) is 13.4. The summed E-state index contributed by atoms with van der Waals surface area (Å²) in [4.78, 5) is 17.2. The minimum atomic E-state index is -1.63. The van der Waals surface area contributed by atoms with Gasteiger partial charge in [0.2, 0.25) is 5.11 Å². The fourth-order valence-corrected chi connectivity index (χ4v) is 3.61. The van der Waals surface area contributed by atoms with Crippen LogP contribution in [0.2, 0.25) is 0 Å². The first-order valence-electron chi connectivity index (χ1n) is 5.94. The summed E-state index contributed by atoms with van der Waals surface area (Å²) in [5.74, 6) is -1.10. The number of hydrogen-bond acceptors (Lipinski definition) is 4. The lowest BCUT2D eigenvalue weighted by atomic mass is 10.0. The maximum atomic E-state index is 12.1. The van der Waals surface area contributed by atoms with E-state index in [2.05, 4.69) is 4.99 Å². The van der Waals surface area contributed by atoms with Gasteiger partial charge in [-0.3, -0.25) is 0 Å². The first-order valence-corrected chi connectivity index (χ1v) is 7.09. The number of hydrogen-bond donors (Lipinski definition) is 1. The summed E-state index contributed by atoms with van der Waals surface area (Å²) in [6.45, 7) is 6.13. The van der Waals surface area contributed by atoms with E-state index in [1.54, 1.807) is 4.90 Å². The molecule has 0 spiro atoms. The molecule has 1 N–H and O–H groups in total. The van der Waals surface area contributed by atoms with Crippen LogP contribution >= 0.6 is 0 Å². The Kier molecular flexibility index (Phi) is 3.30. The lowest BCUT2D eigenvalue weighted by Crippen LogP contribution is -2.35. The number of carboxylic acids is 1. The molecular weight excluding hydrogens is 252 g/mol. The number of fused-ring (bicyclic) bond motifs is 1. The second-order valence-corrected chi connectivity index (χ2v) is 5.59. The molecule has 2 aliphatic rings. The van der Waals surface area contributed by atoms with Crippen LogP contribution in [0.4, 0.5) is 0 Å². The van der Waals surface area contributed by atoms with Crippen LogP contribution in [-0.2, 0) is 14.8 Å². The van der Waals surface area contributed by atoms with Crippen molar-refractivity contribution in [3.8, 4) is 0 Å². The van der Waals surface area contributed by atoms with E-state index in [0.717, 1.165) is 29.8 Å². The van der Waals surface area contributed by atoms with E-state index in [4.69, 9.17) is 5.11 Å². The van der Waals surface area contributed by atoms with Crippen molar-refractivity contribution in [2.24, 2.45) is 4.99 Å². The second-order valence-electron chi connectivity index (χ2n) is 4.20. The van der Waals surface area contributed by atoms with Crippen molar-refractivity contribution < 1.29 is 14.1 Å². The van der Waals surface area contributed by atoms with Gasteiger partial charge < -0.3 is 10.0 Å². The maximum absolute atomic E-state index is 12.1. The highest BCUT2D eigenvalue weighted by molar-refractivity contribution is 7.86. The summed E-state index contributed by atoms with van der Waals surface area (Å²) in [5.41, 5.74) is 3.02. The normalized spacial score (nSPS) is 19.4. The molecule has 5 nitrogen and oxygen atoms in total. The fourth-order valence-electron chi connectivity index (χ4n) is 2.39. The molecule has 0 bridgehead atoms. The minimum absolute atomic E-state index is 0.0184. The van der Waals surface area contributed by atoms with Crippen LogP contribution in [0.5, 0.6) is 0 Å². The highest BCUT2D eigenvalue weighted by Gasteiger charge is 2.32. The zero-order valence-corrected chi connectivity index (χ0v) is 11.5. The third kappa shape index (κ3) is 1.77.